The van der Waals surface area contributed by atoms with Crippen molar-refractivity contribution in [2.24, 2.45) is 0 Å². The summed E-state index contributed by atoms with van der Waals surface area (Å²) < 4.78 is 32.1. The fourth-order valence-corrected chi connectivity index (χ4v) is 3.52. The summed E-state index contributed by atoms with van der Waals surface area (Å²) in [6.07, 6.45) is 3.10. The molecule has 1 atom stereocenters. The van der Waals surface area contributed by atoms with Crippen LogP contribution in [0, 0.1) is 0 Å². The van der Waals surface area contributed by atoms with Gasteiger partial charge in [0, 0.05) is 31.0 Å². The largest absolute Gasteiger partial charge is 0.469 e. The van der Waals surface area contributed by atoms with Crippen LogP contribution in [0.1, 0.15) is 42.8 Å². The number of nitrogens with one attached hydrogen (secondary N) is 2. The molecule has 0 unspecified atom stereocenters. The van der Waals surface area contributed by atoms with Crippen molar-refractivity contribution in [3.63, 3.8) is 0 Å². The molecule has 1 aromatic heterocycles. The molecule has 0 bridgehead atoms. The molecule has 0 aliphatic rings. The second-order valence-corrected chi connectivity index (χ2v) is 8.08. The summed E-state index contributed by atoms with van der Waals surface area (Å²) >= 11 is 0. The van der Waals surface area contributed by atoms with E-state index in [2.05, 4.69) is 10.0 Å². The molecule has 1 aromatic carbocycles. The van der Waals surface area contributed by atoms with Crippen molar-refractivity contribution >= 4 is 21.7 Å². The quantitative estimate of drug-likeness (QED) is 0.604. The summed E-state index contributed by atoms with van der Waals surface area (Å²) in [5.74, 6) is 0.501. The van der Waals surface area contributed by atoms with Gasteiger partial charge in [-0.2, -0.15) is 0 Å². The van der Waals surface area contributed by atoms with Crippen molar-refractivity contribution in [1.29, 1.82) is 0 Å². The Labute approximate surface area is 159 Å². The molecule has 0 aliphatic carbocycles. The molecule has 8 heteroatoms. The first kappa shape index (κ1) is 20.9. The van der Waals surface area contributed by atoms with E-state index in [9.17, 15) is 18.0 Å². The fraction of sp³-hybridized carbons (Fsp3) is 0.368. The molecule has 0 saturated heterocycles. The van der Waals surface area contributed by atoms with Crippen LogP contribution in [-0.2, 0) is 21.2 Å². The van der Waals surface area contributed by atoms with Gasteiger partial charge in [-0.25, -0.2) is 13.1 Å². The number of furan rings is 1. The maximum Gasteiger partial charge on any atom is 0.240 e. The third-order valence-electron chi connectivity index (χ3n) is 4.03. The van der Waals surface area contributed by atoms with E-state index in [1.54, 1.807) is 6.26 Å². The summed E-state index contributed by atoms with van der Waals surface area (Å²) in [7, 11) is -3.72. The van der Waals surface area contributed by atoms with Crippen LogP contribution in [0.3, 0.4) is 0 Å². The lowest BCUT2D eigenvalue weighted by atomic mass is 10.1. The molecule has 0 spiro atoms. The molecular weight excluding hydrogens is 368 g/mol. The standard InChI is InChI=1S/C19H24N2O5S/c1-14(5-8-17-4-3-13-26-17)21-19(23)11-12-20-27(24,25)18-9-6-16(7-10-18)15(2)22/h3-4,6-7,9-10,13-14,20H,5,8,11-12H2,1-2H3,(H,21,23)/t14-/m1/s1. The van der Waals surface area contributed by atoms with E-state index in [-0.39, 0.29) is 35.6 Å². The van der Waals surface area contributed by atoms with Crippen LogP contribution in [0.25, 0.3) is 0 Å². The van der Waals surface area contributed by atoms with Gasteiger partial charge < -0.3 is 9.73 Å². The van der Waals surface area contributed by atoms with Gasteiger partial charge in [0.15, 0.2) is 5.78 Å². The predicted octanol–water partition coefficient (Wildman–Crippen LogP) is 2.29. The maximum absolute atomic E-state index is 12.2. The Kier molecular flexibility index (Phi) is 7.32. The van der Waals surface area contributed by atoms with Crippen molar-refractivity contribution < 1.29 is 22.4 Å². The van der Waals surface area contributed by atoms with E-state index in [0.29, 0.717) is 5.56 Å². The Morgan fingerprint density at radius 2 is 1.85 bits per heavy atom. The highest BCUT2D eigenvalue weighted by Crippen LogP contribution is 2.11. The number of carbonyl (C=O) groups is 2. The Bertz CT molecular complexity index is 858. The van der Waals surface area contributed by atoms with Crippen LogP contribution in [0.2, 0.25) is 0 Å². The topological polar surface area (TPSA) is 105 Å². The normalized spacial score (nSPS) is 12.5. The summed E-state index contributed by atoms with van der Waals surface area (Å²) in [5.41, 5.74) is 0.442. The van der Waals surface area contributed by atoms with Crippen LogP contribution in [0.15, 0.2) is 52.0 Å². The van der Waals surface area contributed by atoms with Crippen LogP contribution in [-0.4, -0.2) is 32.7 Å². The SMILES string of the molecule is CC(=O)c1ccc(S(=O)(=O)NCCC(=O)N[C@H](C)CCc2ccco2)cc1. The van der Waals surface area contributed by atoms with Gasteiger partial charge in [-0.05, 0) is 44.5 Å². The molecule has 0 radical (unpaired) electrons. The first-order valence-electron chi connectivity index (χ1n) is 8.70. The van der Waals surface area contributed by atoms with E-state index in [4.69, 9.17) is 4.42 Å². The number of benzene rings is 1. The predicted molar refractivity (Wildman–Crippen MR) is 101 cm³/mol. The third kappa shape index (κ3) is 6.65. The van der Waals surface area contributed by atoms with E-state index in [0.717, 1.165) is 18.6 Å². The number of Topliss-reactive ketones (excluding diaryl/α,β-unsaturated/α-hetero) is 1. The van der Waals surface area contributed by atoms with Crippen molar-refractivity contribution in [2.75, 3.05) is 6.54 Å². The Morgan fingerprint density at radius 1 is 1.15 bits per heavy atom. The zero-order valence-electron chi connectivity index (χ0n) is 15.4. The summed E-state index contributed by atoms with van der Waals surface area (Å²) in [6.45, 7) is 3.30. The third-order valence-corrected chi connectivity index (χ3v) is 5.50. The molecule has 146 valence electrons. The van der Waals surface area contributed by atoms with Gasteiger partial charge >= 0.3 is 0 Å². The lowest BCUT2D eigenvalue weighted by molar-refractivity contribution is -0.121. The van der Waals surface area contributed by atoms with Crippen LogP contribution >= 0.6 is 0 Å². The van der Waals surface area contributed by atoms with E-state index in [1.807, 2.05) is 19.1 Å². The van der Waals surface area contributed by atoms with Gasteiger partial charge in [0.2, 0.25) is 15.9 Å². The summed E-state index contributed by atoms with van der Waals surface area (Å²) in [6, 6.07) is 9.32. The van der Waals surface area contributed by atoms with Crippen LogP contribution in [0.4, 0.5) is 0 Å². The van der Waals surface area contributed by atoms with Crippen molar-refractivity contribution in [3.8, 4) is 0 Å². The molecule has 27 heavy (non-hydrogen) atoms. The second kappa shape index (κ2) is 9.48. The van der Waals surface area contributed by atoms with Gasteiger partial charge in [-0.15, -0.1) is 0 Å². The molecule has 2 aromatic rings. The van der Waals surface area contributed by atoms with Gasteiger partial charge in [0.05, 0.1) is 11.2 Å². The highest BCUT2D eigenvalue weighted by molar-refractivity contribution is 7.89. The number of carbonyl (C=O) groups excluding carboxylic acids is 2. The smallest absolute Gasteiger partial charge is 0.240 e. The molecule has 1 amide bonds. The maximum atomic E-state index is 12.2. The Hall–Kier alpha value is -2.45. The highest BCUT2D eigenvalue weighted by atomic mass is 32.2. The molecule has 0 aliphatic heterocycles. The van der Waals surface area contributed by atoms with E-state index < -0.39 is 10.0 Å². The lowest BCUT2D eigenvalue weighted by Crippen LogP contribution is -2.35. The minimum absolute atomic E-state index is 0.00642. The Balaban J connectivity index is 1.75. The number of amides is 1. The van der Waals surface area contributed by atoms with E-state index >= 15 is 0 Å². The second-order valence-electron chi connectivity index (χ2n) is 6.31. The number of ketones is 1. The van der Waals surface area contributed by atoms with Gasteiger partial charge in [-0.1, -0.05) is 12.1 Å². The monoisotopic (exact) mass is 392 g/mol. The van der Waals surface area contributed by atoms with Crippen molar-refractivity contribution in [3.05, 3.63) is 54.0 Å². The minimum Gasteiger partial charge on any atom is -0.469 e. The average Bonchev–Trinajstić information content (AvgIpc) is 3.13. The van der Waals surface area contributed by atoms with Crippen LogP contribution < -0.4 is 10.0 Å². The lowest BCUT2D eigenvalue weighted by Gasteiger charge is -2.13. The summed E-state index contributed by atoms with van der Waals surface area (Å²) in [5, 5.41) is 2.84. The van der Waals surface area contributed by atoms with Gasteiger partial charge in [0.25, 0.3) is 0 Å². The first-order chi connectivity index (χ1) is 12.8. The number of aryl methyl sites for hydroxylation is 1. The molecule has 0 fully saturated rings. The Morgan fingerprint density at radius 3 is 2.44 bits per heavy atom. The molecule has 1 heterocycles. The fourth-order valence-electron chi connectivity index (χ4n) is 2.48. The molecule has 2 N–H and O–H groups in total. The highest BCUT2D eigenvalue weighted by Gasteiger charge is 2.15. The number of rotatable bonds is 10. The number of sulfonamides is 1. The zero-order chi connectivity index (χ0) is 19.9. The van der Waals surface area contributed by atoms with Crippen molar-refractivity contribution in [2.45, 2.75) is 44.0 Å². The molecule has 0 saturated carbocycles. The van der Waals surface area contributed by atoms with Gasteiger partial charge in [-0.3, -0.25) is 9.59 Å². The van der Waals surface area contributed by atoms with Gasteiger partial charge in [0.1, 0.15) is 5.76 Å². The van der Waals surface area contributed by atoms with Crippen molar-refractivity contribution in [1.82, 2.24) is 10.0 Å². The summed E-state index contributed by atoms with van der Waals surface area (Å²) in [4.78, 5) is 23.2. The van der Waals surface area contributed by atoms with E-state index in [1.165, 1.54) is 31.2 Å². The molecule has 7 nitrogen and oxygen atoms in total. The zero-order valence-corrected chi connectivity index (χ0v) is 16.2. The number of hydrogen-bond donors (Lipinski definition) is 2. The molecular formula is C19H24N2O5S. The first-order valence-corrected chi connectivity index (χ1v) is 10.2. The van der Waals surface area contributed by atoms with Crippen LogP contribution in [0.5, 0.6) is 0 Å². The average molecular weight is 392 g/mol. The minimum atomic E-state index is -3.72. The molecule has 2 rings (SSSR count). The number of hydrogen-bond acceptors (Lipinski definition) is 5.